The molecule has 3 aromatic rings. The maximum absolute atomic E-state index is 13.1. The number of anilines is 1. The normalized spacial score (nSPS) is 10.9. The summed E-state index contributed by atoms with van der Waals surface area (Å²) in [6.07, 6.45) is 1.39. The van der Waals surface area contributed by atoms with Crippen LogP contribution in [0.15, 0.2) is 65.8 Å². The first-order valence-corrected chi connectivity index (χ1v) is 11.3. The molecule has 3 aromatic carbocycles. The average molecular weight is 509 g/mol. The van der Waals surface area contributed by atoms with Crippen LogP contribution >= 0.6 is 0 Å². The summed E-state index contributed by atoms with van der Waals surface area (Å²) in [6.45, 7) is 1.09. The molecule has 0 fully saturated rings. The third-order valence-corrected chi connectivity index (χ3v) is 5.19. The Balaban J connectivity index is 1.83. The highest BCUT2D eigenvalue weighted by Crippen LogP contribution is 2.29. The van der Waals surface area contributed by atoms with Crippen LogP contribution in [0.25, 0.3) is 0 Å². The van der Waals surface area contributed by atoms with Crippen LogP contribution < -0.4 is 25.0 Å². The number of rotatable bonds is 11. The van der Waals surface area contributed by atoms with E-state index >= 15 is 0 Å². The molecule has 0 bridgehead atoms. The number of carbonyl (C=O) groups excluding carboxylic acids is 2. The molecular weight excluding hydrogens is 479 g/mol. The Bertz CT molecular complexity index is 1260. The monoisotopic (exact) mass is 508 g/mol. The third kappa shape index (κ3) is 7.77. The fourth-order valence-corrected chi connectivity index (χ4v) is 3.20. The van der Waals surface area contributed by atoms with E-state index in [9.17, 15) is 14.0 Å². The zero-order valence-electron chi connectivity index (χ0n) is 21.1. The van der Waals surface area contributed by atoms with Crippen molar-refractivity contribution >= 4 is 23.7 Å². The Morgan fingerprint density at radius 2 is 1.68 bits per heavy atom. The van der Waals surface area contributed by atoms with Crippen molar-refractivity contribution in [2.75, 3.05) is 46.8 Å². The molecule has 2 N–H and O–H groups in total. The molecule has 37 heavy (non-hydrogen) atoms. The molecule has 0 aliphatic carbocycles. The van der Waals surface area contributed by atoms with Crippen LogP contribution in [0.2, 0.25) is 0 Å². The highest BCUT2D eigenvalue weighted by Gasteiger charge is 2.17. The maximum atomic E-state index is 13.1. The molecule has 0 saturated carbocycles. The highest BCUT2D eigenvalue weighted by molar-refractivity contribution is 6.09. The molecule has 3 rings (SSSR count). The minimum Gasteiger partial charge on any atom is -0.493 e. The van der Waals surface area contributed by atoms with Gasteiger partial charge in [0.2, 0.25) is 0 Å². The van der Waals surface area contributed by atoms with Crippen LogP contribution in [0.3, 0.4) is 0 Å². The van der Waals surface area contributed by atoms with Gasteiger partial charge in [0.05, 0.1) is 31.7 Å². The standard InChI is InChI=1S/C27H29FN4O5/c1-32(2)13-14-37-21-10-11-23(30-26(33)19-7-12-24(35-3)25(15-19)36-4)22(16-21)27(34)31-29-17-18-5-8-20(28)9-6-18/h5-12,15-17H,13-14H2,1-4H3,(H,30,33)(H,31,34). The SMILES string of the molecule is COc1ccc(C(=O)Nc2ccc(OCCN(C)C)cc2C(=O)NN=Cc2ccc(F)cc2)cc1OC. The van der Waals surface area contributed by atoms with Crippen LogP contribution in [0, 0.1) is 5.82 Å². The summed E-state index contributed by atoms with van der Waals surface area (Å²) in [5.41, 5.74) is 3.75. The number of halogens is 1. The summed E-state index contributed by atoms with van der Waals surface area (Å²) in [5, 5.41) is 6.70. The molecule has 0 spiro atoms. The number of hydrazone groups is 1. The second kappa shape index (κ2) is 13.0. The van der Waals surface area contributed by atoms with Crippen LogP contribution in [0.1, 0.15) is 26.3 Å². The van der Waals surface area contributed by atoms with E-state index in [-0.39, 0.29) is 17.1 Å². The van der Waals surface area contributed by atoms with E-state index in [2.05, 4.69) is 15.8 Å². The smallest absolute Gasteiger partial charge is 0.273 e. The minimum absolute atomic E-state index is 0.146. The van der Waals surface area contributed by atoms with Crippen molar-refractivity contribution in [3.05, 3.63) is 83.2 Å². The lowest BCUT2D eigenvalue weighted by Gasteiger charge is -2.15. The quantitative estimate of drug-likeness (QED) is 0.302. The molecule has 194 valence electrons. The largest absolute Gasteiger partial charge is 0.493 e. The second-order valence-corrected chi connectivity index (χ2v) is 8.13. The molecule has 0 aliphatic rings. The summed E-state index contributed by atoms with van der Waals surface area (Å²) < 4.78 is 29.3. The van der Waals surface area contributed by atoms with Gasteiger partial charge >= 0.3 is 0 Å². The molecule has 0 saturated heterocycles. The van der Waals surface area contributed by atoms with Crippen LogP contribution in [0.5, 0.6) is 17.2 Å². The number of amides is 2. The van der Waals surface area contributed by atoms with Crippen molar-refractivity contribution in [3.63, 3.8) is 0 Å². The van der Waals surface area contributed by atoms with Gasteiger partial charge in [0.1, 0.15) is 18.2 Å². The Morgan fingerprint density at radius 3 is 2.35 bits per heavy atom. The fourth-order valence-electron chi connectivity index (χ4n) is 3.20. The first-order valence-electron chi connectivity index (χ1n) is 11.3. The first-order chi connectivity index (χ1) is 17.8. The minimum atomic E-state index is -0.570. The zero-order valence-corrected chi connectivity index (χ0v) is 21.1. The number of ether oxygens (including phenoxy) is 3. The van der Waals surface area contributed by atoms with Crippen LogP contribution in [0.4, 0.5) is 10.1 Å². The predicted molar refractivity (Wildman–Crippen MR) is 139 cm³/mol. The van der Waals surface area contributed by atoms with Crippen molar-refractivity contribution in [2.24, 2.45) is 5.10 Å². The number of nitrogens with zero attached hydrogens (tertiary/aromatic N) is 2. The van der Waals surface area contributed by atoms with Crippen molar-refractivity contribution < 1.29 is 28.2 Å². The molecule has 0 aromatic heterocycles. The number of hydrogen-bond donors (Lipinski definition) is 2. The molecule has 0 heterocycles. The van der Waals surface area contributed by atoms with E-state index in [0.717, 1.165) is 0 Å². The Morgan fingerprint density at radius 1 is 0.946 bits per heavy atom. The maximum Gasteiger partial charge on any atom is 0.273 e. The molecule has 2 amide bonds. The van der Waals surface area contributed by atoms with Crippen LogP contribution in [-0.4, -0.2) is 64.4 Å². The van der Waals surface area contributed by atoms with Gasteiger partial charge in [-0.1, -0.05) is 12.1 Å². The number of nitrogens with one attached hydrogen (secondary N) is 2. The lowest BCUT2D eigenvalue weighted by molar-refractivity contribution is 0.0955. The van der Waals surface area contributed by atoms with Crippen molar-refractivity contribution in [3.8, 4) is 17.2 Å². The molecule has 0 unspecified atom stereocenters. The van der Waals surface area contributed by atoms with Gasteiger partial charge in [-0.25, -0.2) is 9.82 Å². The highest BCUT2D eigenvalue weighted by atomic mass is 19.1. The van der Waals surface area contributed by atoms with Crippen LogP contribution in [-0.2, 0) is 0 Å². The van der Waals surface area contributed by atoms with Gasteiger partial charge in [0.25, 0.3) is 11.8 Å². The van der Waals surface area contributed by atoms with Gasteiger partial charge in [-0.3, -0.25) is 9.59 Å². The molecule has 0 atom stereocenters. The van der Waals surface area contributed by atoms with Crippen molar-refractivity contribution in [1.82, 2.24) is 10.3 Å². The van der Waals surface area contributed by atoms with E-state index < -0.39 is 11.8 Å². The van der Waals surface area contributed by atoms with E-state index in [1.807, 2.05) is 19.0 Å². The topological polar surface area (TPSA) is 101 Å². The van der Waals surface area contributed by atoms with Gasteiger partial charge in [-0.15, -0.1) is 0 Å². The second-order valence-electron chi connectivity index (χ2n) is 8.13. The summed E-state index contributed by atoms with van der Waals surface area (Å²) in [4.78, 5) is 28.0. The average Bonchev–Trinajstić information content (AvgIpc) is 2.89. The predicted octanol–water partition coefficient (Wildman–Crippen LogP) is 3.80. The summed E-state index contributed by atoms with van der Waals surface area (Å²) in [5.74, 6) is -0.0591. The van der Waals surface area contributed by atoms with Crippen molar-refractivity contribution in [1.29, 1.82) is 0 Å². The van der Waals surface area contributed by atoms with E-state index in [1.54, 1.807) is 30.3 Å². The molecule has 0 radical (unpaired) electrons. The van der Waals surface area contributed by atoms with Crippen molar-refractivity contribution in [2.45, 2.75) is 0 Å². The van der Waals surface area contributed by atoms with Gasteiger partial charge in [0, 0.05) is 12.1 Å². The van der Waals surface area contributed by atoms with Gasteiger partial charge in [-0.2, -0.15) is 5.10 Å². The number of likely N-dealkylation sites (N-methyl/N-ethyl adjacent to an activating group) is 1. The van der Waals surface area contributed by atoms with Gasteiger partial charge in [0.15, 0.2) is 11.5 Å². The fraction of sp³-hybridized carbons (Fsp3) is 0.222. The summed E-state index contributed by atoms with van der Waals surface area (Å²) >= 11 is 0. The van der Waals surface area contributed by atoms with E-state index in [0.29, 0.717) is 41.5 Å². The Hall–Kier alpha value is -4.44. The zero-order chi connectivity index (χ0) is 26.8. The molecule has 10 heteroatoms. The Labute approximate surface area is 214 Å². The molecular formula is C27H29FN4O5. The molecule has 9 nitrogen and oxygen atoms in total. The lowest BCUT2D eigenvalue weighted by Crippen LogP contribution is -2.22. The van der Waals surface area contributed by atoms with E-state index in [4.69, 9.17) is 14.2 Å². The Kier molecular flexibility index (Phi) is 9.56. The van der Waals surface area contributed by atoms with E-state index in [1.165, 1.54) is 50.8 Å². The number of methoxy groups -OCH3 is 2. The summed E-state index contributed by atoms with van der Waals surface area (Å²) in [7, 11) is 6.83. The number of carbonyl (C=O) groups is 2. The van der Waals surface area contributed by atoms with Gasteiger partial charge in [-0.05, 0) is 68.2 Å². The van der Waals surface area contributed by atoms with Gasteiger partial charge < -0.3 is 24.4 Å². The third-order valence-electron chi connectivity index (χ3n) is 5.19. The lowest BCUT2D eigenvalue weighted by atomic mass is 10.1. The first kappa shape index (κ1) is 27.2. The number of hydrogen-bond acceptors (Lipinski definition) is 7. The molecule has 0 aliphatic heterocycles. The number of benzene rings is 3. The summed E-state index contributed by atoms with van der Waals surface area (Å²) in [6, 6.07) is 15.2.